The maximum atomic E-state index is 12.9. The van der Waals surface area contributed by atoms with E-state index < -0.39 is 70.6 Å². The molecule has 23 heteroatoms. The fraction of sp³-hybridized carbons (Fsp3) is 0.233. The lowest BCUT2D eigenvalue weighted by Gasteiger charge is -2.20. The summed E-state index contributed by atoms with van der Waals surface area (Å²) >= 11 is 0. The Morgan fingerprint density at radius 2 is 1.40 bits per heavy atom. The molecule has 0 fully saturated rings. The van der Waals surface area contributed by atoms with Gasteiger partial charge in [0, 0.05) is 37.5 Å². The number of nitrogens with zero attached hydrogens (tertiary/aromatic N) is 3. The summed E-state index contributed by atoms with van der Waals surface area (Å²) in [5, 5.41) is 39.2. The molecular formula is C30H34N6O14S3. The number of methoxy groups -OCH3 is 2. The van der Waals surface area contributed by atoms with Crippen LogP contribution in [0.1, 0.15) is 6.92 Å². The van der Waals surface area contributed by atoms with E-state index in [0.29, 0.717) is 5.69 Å². The van der Waals surface area contributed by atoms with Crippen LogP contribution in [0.5, 0.6) is 17.2 Å². The third-order valence-electron chi connectivity index (χ3n) is 7.30. The lowest BCUT2D eigenvalue weighted by Crippen LogP contribution is -2.35. The highest BCUT2D eigenvalue weighted by Gasteiger charge is 2.27. The summed E-state index contributed by atoms with van der Waals surface area (Å²) in [6, 6.07) is 10.6. The second kappa shape index (κ2) is 16.3. The Kier molecular flexibility index (Phi) is 12.5. The van der Waals surface area contributed by atoms with Gasteiger partial charge in [-0.3, -0.25) is 19.3 Å². The average Bonchev–Trinajstić information content (AvgIpc) is 3.08. The first kappa shape index (κ1) is 40.6. The molecule has 286 valence electrons. The van der Waals surface area contributed by atoms with Gasteiger partial charge in [-0.25, -0.2) is 8.42 Å². The molecule has 8 N–H and O–H groups in total. The van der Waals surface area contributed by atoms with Gasteiger partial charge >= 0.3 is 0 Å². The van der Waals surface area contributed by atoms with Crippen molar-refractivity contribution in [3.05, 3.63) is 54.6 Å². The van der Waals surface area contributed by atoms with Gasteiger partial charge in [0.25, 0.3) is 20.2 Å². The van der Waals surface area contributed by atoms with Crippen LogP contribution in [0.4, 0.5) is 28.4 Å². The van der Waals surface area contributed by atoms with Gasteiger partial charge in [0.15, 0.2) is 5.75 Å². The van der Waals surface area contributed by atoms with Crippen molar-refractivity contribution in [1.29, 1.82) is 0 Å². The van der Waals surface area contributed by atoms with Gasteiger partial charge in [-0.1, -0.05) is 0 Å². The van der Waals surface area contributed by atoms with Gasteiger partial charge in [-0.2, -0.15) is 21.1 Å². The Hall–Kier alpha value is -5.14. The second-order valence-corrected chi connectivity index (χ2v) is 15.6. The number of rotatable bonds is 16. The normalized spacial score (nSPS) is 12.3. The van der Waals surface area contributed by atoms with Crippen LogP contribution in [-0.2, 0) is 35.1 Å². The van der Waals surface area contributed by atoms with Crippen LogP contribution in [0.2, 0.25) is 0 Å². The topological polar surface area (TPSA) is 303 Å². The Morgan fingerprint density at radius 1 is 0.774 bits per heavy atom. The number of benzene rings is 4. The van der Waals surface area contributed by atoms with Gasteiger partial charge in [0.05, 0.1) is 54.3 Å². The molecule has 0 spiro atoms. The van der Waals surface area contributed by atoms with E-state index in [1.165, 1.54) is 50.6 Å². The number of ether oxygens (including phenoxy) is 2. The molecule has 0 radical (unpaired) electrons. The van der Waals surface area contributed by atoms with Crippen molar-refractivity contribution in [2.24, 2.45) is 10.2 Å². The maximum Gasteiger partial charge on any atom is 0.296 e. The zero-order valence-electron chi connectivity index (χ0n) is 28.0. The number of azo groups is 1. The number of phenolic OH excluding ortho intramolecular Hbond substituents is 1. The summed E-state index contributed by atoms with van der Waals surface area (Å²) in [6.45, 7) is -0.202. The van der Waals surface area contributed by atoms with Gasteiger partial charge in [-0.05, 0) is 47.9 Å². The molecule has 0 atom stereocenters. The Morgan fingerprint density at radius 3 is 1.92 bits per heavy atom. The number of anilines is 3. The van der Waals surface area contributed by atoms with Crippen LogP contribution in [0.25, 0.3) is 10.8 Å². The number of aliphatic hydroxyl groups is 2. The van der Waals surface area contributed by atoms with Gasteiger partial charge in [-0.15, -0.1) is 10.2 Å². The first-order chi connectivity index (χ1) is 24.8. The molecule has 4 aromatic carbocycles. The van der Waals surface area contributed by atoms with E-state index in [0.717, 1.165) is 29.4 Å². The van der Waals surface area contributed by atoms with Crippen molar-refractivity contribution >= 4 is 75.4 Å². The largest absolute Gasteiger partial charge is 0.505 e. The smallest absolute Gasteiger partial charge is 0.296 e. The number of hydrazine groups is 1. The molecule has 0 heterocycles. The number of aliphatic hydroxyl groups excluding tert-OH is 2. The highest BCUT2D eigenvalue weighted by Crippen LogP contribution is 2.46. The molecule has 53 heavy (non-hydrogen) atoms. The number of carbonyl (C=O) groups is 1. The van der Waals surface area contributed by atoms with Gasteiger partial charge in [0.1, 0.15) is 27.8 Å². The fourth-order valence-corrected chi connectivity index (χ4v) is 7.55. The van der Waals surface area contributed by atoms with E-state index in [2.05, 4.69) is 26.4 Å². The molecule has 0 aliphatic rings. The summed E-state index contributed by atoms with van der Waals surface area (Å²) in [5.41, 5.74) is 5.17. The summed E-state index contributed by atoms with van der Waals surface area (Å²) in [6.07, 6.45) is 0. The number of aromatic hydroxyl groups is 1. The number of nitrogens with one attached hydrogen (secondary N) is 3. The van der Waals surface area contributed by atoms with Crippen LogP contribution in [0, 0.1) is 0 Å². The first-order valence-electron chi connectivity index (χ1n) is 14.9. The average molecular weight is 799 g/mol. The summed E-state index contributed by atoms with van der Waals surface area (Å²) in [7, 11) is -11.5. The summed E-state index contributed by atoms with van der Waals surface area (Å²) < 4.78 is 106. The van der Waals surface area contributed by atoms with Crippen molar-refractivity contribution < 1.29 is 63.9 Å². The van der Waals surface area contributed by atoms with Gasteiger partial charge < -0.3 is 35.5 Å². The molecule has 20 nitrogen and oxygen atoms in total. The minimum atomic E-state index is -5.17. The lowest BCUT2D eigenvalue weighted by molar-refractivity contribution is -0.114. The number of amides is 1. The van der Waals surface area contributed by atoms with E-state index in [1.54, 1.807) is 0 Å². The predicted octanol–water partition coefficient (Wildman–Crippen LogP) is 2.84. The van der Waals surface area contributed by atoms with Crippen LogP contribution in [0.3, 0.4) is 0 Å². The third kappa shape index (κ3) is 9.27. The highest BCUT2D eigenvalue weighted by molar-refractivity contribution is 7.89. The highest BCUT2D eigenvalue weighted by atomic mass is 32.2. The zero-order valence-corrected chi connectivity index (χ0v) is 30.5. The van der Waals surface area contributed by atoms with Crippen molar-refractivity contribution in [2.45, 2.75) is 21.6 Å². The molecular weight excluding hydrogens is 765 g/mol. The van der Waals surface area contributed by atoms with E-state index >= 15 is 0 Å². The SMILES string of the molecule is COc1cc(NNc2ccc(S(=O)(=O)N(CCO)CCO)cc2)c(OC)cc1N=Nc1c(S(=O)(=O)O)cc2cc(S(=O)(=O)O)cc(NC(C)=O)c2c1O. The standard InChI is InChI=1S/C30H34N6O14S3/c1-17(39)31-24-14-21(52(43,44)45)12-18-13-27(53(46,47)48)29(30(40)28(18)24)35-34-23-16-25(49-2)22(15-26(23)50-3)33-32-19-4-6-20(7-5-19)51(41,42)36(8-10-37)9-11-38/h4-7,12-16,32-33,37-38,40H,8-11H2,1-3H3,(H,31,39)(H,43,44,45)(H,46,47,48). The monoisotopic (exact) mass is 798 g/mol. The number of sulfonamides is 1. The van der Waals surface area contributed by atoms with Crippen molar-refractivity contribution in [2.75, 3.05) is 56.7 Å². The Balaban J connectivity index is 1.72. The minimum Gasteiger partial charge on any atom is -0.505 e. The predicted molar refractivity (Wildman–Crippen MR) is 190 cm³/mol. The first-order valence-corrected chi connectivity index (χ1v) is 19.3. The molecule has 1 amide bonds. The quantitative estimate of drug-likeness (QED) is 0.0459. The van der Waals surface area contributed by atoms with Crippen molar-refractivity contribution in [3.8, 4) is 17.2 Å². The Labute approximate surface area is 303 Å². The Bertz CT molecular complexity index is 2380. The molecule has 0 saturated carbocycles. The van der Waals surface area contributed by atoms with Crippen LogP contribution >= 0.6 is 0 Å². The van der Waals surface area contributed by atoms with Crippen LogP contribution in [-0.4, -0.2) is 100 Å². The summed E-state index contributed by atoms with van der Waals surface area (Å²) in [5.74, 6) is -1.51. The number of carbonyl (C=O) groups excluding carboxylic acids is 1. The van der Waals surface area contributed by atoms with E-state index in [4.69, 9.17) is 9.47 Å². The molecule has 4 aromatic rings. The lowest BCUT2D eigenvalue weighted by atomic mass is 10.1. The van der Waals surface area contributed by atoms with Crippen molar-refractivity contribution in [1.82, 2.24) is 4.31 Å². The second-order valence-electron chi connectivity index (χ2n) is 10.8. The van der Waals surface area contributed by atoms with Gasteiger partial charge in [0.2, 0.25) is 15.9 Å². The van der Waals surface area contributed by atoms with E-state index in [9.17, 15) is 54.5 Å². The number of phenols is 1. The minimum absolute atomic E-state index is 0.0264. The molecule has 0 unspecified atom stereocenters. The number of hydrogen-bond donors (Lipinski definition) is 8. The molecule has 0 aliphatic carbocycles. The van der Waals surface area contributed by atoms with Crippen LogP contribution in [0.15, 0.2) is 79.5 Å². The number of fused-ring (bicyclic) bond motifs is 1. The number of hydrogen-bond acceptors (Lipinski definition) is 16. The molecule has 0 aromatic heterocycles. The summed E-state index contributed by atoms with van der Waals surface area (Å²) in [4.78, 5) is 10.1. The maximum absolute atomic E-state index is 12.9. The van der Waals surface area contributed by atoms with E-state index in [-0.39, 0.29) is 57.3 Å². The van der Waals surface area contributed by atoms with Crippen LogP contribution < -0.4 is 25.6 Å². The molecule has 0 aliphatic heterocycles. The fourth-order valence-electron chi connectivity index (χ4n) is 4.93. The molecule has 0 bridgehead atoms. The zero-order chi connectivity index (χ0) is 39.3. The molecule has 4 rings (SSSR count). The third-order valence-corrected chi connectivity index (χ3v) is 10.9. The van der Waals surface area contributed by atoms with E-state index in [1.807, 2.05) is 0 Å². The van der Waals surface area contributed by atoms with Crippen molar-refractivity contribution in [3.63, 3.8) is 0 Å². The molecule has 0 saturated heterocycles.